The molecule has 6 heteroatoms. The van der Waals surface area contributed by atoms with E-state index in [1.165, 1.54) is 5.56 Å². The van der Waals surface area contributed by atoms with Gasteiger partial charge in [0.25, 0.3) is 0 Å². The van der Waals surface area contributed by atoms with Crippen molar-refractivity contribution in [2.75, 3.05) is 0 Å². The van der Waals surface area contributed by atoms with Gasteiger partial charge >= 0.3 is 5.97 Å². The number of hydrogen-bond acceptors (Lipinski definition) is 4. The summed E-state index contributed by atoms with van der Waals surface area (Å²) in [5.74, 6) is 0.00314. The highest BCUT2D eigenvalue weighted by Gasteiger charge is 2.51. The summed E-state index contributed by atoms with van der Waals surface area (Å²) in [5.41, 5.74) is 0.582. The third-order valence-electron chi connectivity index (χ3n) is 3.85. The zero-order valence-electron chi connectivity index (χ0n) is 11.1. The van der Waals surface area contributed by atoms with Crippen LogP contribution in [0.5, 0.6) is 0 Å². The van der Waals surface area contributed by atoms with E-state index in [-0.39, 0.29) is 0 Å². The highest BCUT2D eigenvalue weighted by atomic mass is 16.4. The maximum absolute atomic E-state index is 11.2. The fourth-order valence-corrected chi connectivity index (χ4v) is 2.30. The monoisotopic (exact) mass is 272 g/mol. The number of carboxylic acids is 1. The molecule has 0 spiro atoms. The third-order valence-corrected chi connectivity index (χ3v) is 3.85. The van der Waals surface area contributed by atoms with Crippen molar-refractivity contribution >= 4 is 5.97 Å². The van der Waals surface area contributed by atoms with Crippen LogP contribution in [-0.4, -0.2) is 31.3 Å². The normalized spacial score (nSPS) is 16.0. The lowest BCUT2D eigenvalue weighted by atomic mass is 10.1. The molecule has 1 N–H and O–H groups in total. The van der Waals surface area contributed by atoms with Gasteiger partial charge in [-0.1, -0.05) is 30.3 Å². The number of nitrogens with zero attached hydrogens (tertiary/aromatic N) is 4. The molecule has 1 saturated carbocycles. The van der Waals surface area contributed by atoms with Gasteiger partial charge in [-0.15, -0.1) is 5.10 Å². The summed E-state index contributed by atoms with van der Waals surface area (Å²) in [6, 6.07) is 10.1. The van der Waals surface area contributed by atoms with Crippen molar-refractivity contribution in [1.29, 1.82) is 0 Å². The number of carbonyl (C=O) groups is 1. The summed E-state index contributed by atoms with van der Waals surface area (Å²) in [5, 5.41) is 20.8. The topological polar surface area (TPSA) is 80.9 Å². The SMILES string of the molecule is O=C(O)C1(Cn2nnnc2CCc2ccccc2)CC1. The molecule has 6 nitrogen and oxygen atoms in total. The number of benzene rings is 1. The first-order valence-electron chi connectivity index (χ1n) is 6.72. The van der Waals surface area contributed by atoms with Crippen molar-refractivity contribution < 1.29 is 9.90 Å². The molecule has 1 fully saturated rings. The first kappa shape index (κ1) is 12.8. The number of rotatable bonds is 6. The van der Waals surface area contributed by atoms with Crippen LogP contribution in [-0.2, 0) is 24.2 Å². The number of aliphatic carboxylic acids is 1. The van der Waals surface area contributed by atoms with Gasteiger partial charge in [0.05, 0.1) is 12.0 Å². The van der Waals surface area contributed by atoms with E-state index in [4.69, 9.17) is 0 Å². The molecule has 3 rings (SSSR count). The fourth-order valence-electron chi connectivity index (χ4n) is 2.30. The van der Waals surface area contributed by atoms with E-state index >= 15 is 0 Å². The molecule has 20 heavy (non-hydrogen) atoms. The quantitative estimate of drug-likeness (QED) is 0.857. The fraction of sp³-hybridized carbons (Fsp3) is 0.429. The van der Waals surface area contributed by atoms with Gasteiger partial charge in [-0.05, 0) is 35.3 Å². The molecule has 0 radical (unpaired) electrons. The minimum absolute atomic E-state index is 0.374. The van der Waals surface area contributed by atoms with Crippen molar-refractivity contribution in [3.8, 4) is 0 Å². The molecule has 1 aliphatic rings. The van der Waals surface area contributed by atoms with Crippen LogP contribution >= 0.6 is 0 Å². The second-order valence-corrected chi connectivity index (χ2v) is 5.32. The lowest BCUT2D eigenvalue weighted by Crippen LogP contribution is -2.23. The standard InChI is InChI=1S/C14H16N4O2/c19-13(20)14(8-9-14)10-18-12(15-16-17-18)7-6-11-4-2-1-3-5-11/h1-5H,6-10H2,(H,19,20). The van der Waals surface area contributed by atoms with Crippen molar-refractivity contribution in [2.45, 2.75) is 32.2 Å². The number of aryl methyl sites for hydroxylation is 2. The molecule has 1 heterocycles. The molecular formula is C14H16N4O2. The van der Waals surface area contributed by atoms with Crippen LogP contribution < -0.4 is 0 Å². The molecule has 1 aliphatic carbocycles. The zero-order chi connectivity index (χ0) is 14.0. The van der Waals surface area contributed by atoms with Crippen molar-refractivity contribution in [3.63, 3.8) is 0 Å². The average molecular weight is 272 g/mol. The highest BCUT2D eigenvalue weighted by molar-refractivity contribution is 5.77. The van der Waals surface area contributed by atoms with Crippen LogP contribution in [0, 0.1) is 5.41 Å². The van der Waals surface area contributed by atoms with Crippen LogP contribution in [0.1, 0.15) is 24.2 Å². The Morgan fingerprint density at radius 3 is 2.65 bits per heavy atom. The van der Waals surface area contributed by atoms with E-state index < -0.39 is 11.4 Å². The molecule has 1 aromatic heterocycles. The minimum atomic E-state index is -0.748. The average Bonchev–Trinajstić information content (AvgIpc) is 3.11. The van der Waals surface area contributed by atoms with Crippen molar-refractivity contribution in [2.24, 2.45) is 5.41 Å². The molecule has 0 atom stereocenters. The van der Waals surface area contributed by atoms with Crippen LogP contribution in [0.4, 0.5) is 0 Å². The summed E-state index contributed by atoms with van der Waals surface area (Å²) in [7, 11) is 0. The van der Waals surface area contributed by atoms with Gasteiger partial charge in [0.1, 0.15) is 0 Å². The predicted molar refractivity (Wildman–Crippen MR) is 71.0 cm³/mol. The van der Waals surface area contributed by atoms with E-state index in [2.05, 4.69) is 27.7 Å². The highest BCUT2D eigenvalue weighted by Crippen LogP contribution is 2.47. The second kappa shape index (κ2) is 5.03. The first-order valence-corrected chi connectivity index (χ1v) is 6.72. The van der Waals surface area contributed by atoms with Gasteiger partial charge in [-0.3, -0.25) is 4.79 Å². The van der Waals surface area contributed by atoms with Crippen LogP contribution in [0.3, 0.4) is 0 Å². The Hall–Kier alpha value is -2.24. The maximum Gasteiger partial charge on any atom is 0.311 e. The Labute approximate surface area is 116 Å². The van der Waals surface area contributed by atoms with E-state index in [0.717, 1.165) is 12.2 Å². The summed E-state index contributed by atoms with van der Waals surface area (Å²) < 4.78 is 1.64. The molecule has 0 unspecified atom stereocenters. The molecule has 1 aromatic carbocycles. The van der Waals surface area contributed by atoms with Gasteiger partial charge in [0, 0.05) is 6.42 Å². The smallest absolute Gasteiger partial charge is 0.311 e. The van der Waals surface area contributed by atoms with Gasteiger partial charge in [0.2, 0.25) is 0 Å². The number of aromatic nitrogens is 4. The predicted octanol–water partition coefficient (Wildman–Crippen LogP) is 1.32. The molecule has 0 amide bonds. The van der Waals surface area contributed by atoms with Crippen LogP contribution in [0.15, 0.2) is 30.3 Å². The summed E-state index contributed by atoms with van der Waals surface area (Å²) in [6.07, 6.45) is 2.98. The number of hydrogen-bond donors (Lipinski definition) is 1. The van der Waals surface area contributed by atoms with E-state index in [1.54, 1.807) is 4.68 Å². The maximum atomic E-state index is 11.2. The summed E-state index contributed by atoms with van der Waals surface area (Å²) in [6.45, 7) is 0.374. The largest absolute Gasteiger partial charge is 0.481 e. The van der Waals surface area contributed by atoms with Gasteiger partial charge in [0.15, 0.2) is 5.82 Å². The summed E-state index contributed by atoms with van der Waals surface area (Å²) in [4.78, 5) is 11.2. The number of carboxylic acid groups (broad SMARTS) is 1. The van der Waals surface area contributed by atoms with E-state index in [1.807, 2.05) is 18.2 Å². The Kier molecular flexibility index (Phi) is 3.22. The Morgan fingerprint density at radius 1 is 1.25 bits per heavy atom. The van der Waals surface area contributed by atoms with Crippen molar-refractivity contribution in [3.05, 3.63) is 41.7 Å². The third kappa shape index (κ3) is 2.54. The molecule has 0 bridgehead atoms. The van der Waals surface area contributed by atoms with Crippen molar-refractivity contribution in [1.82, 2.24) is 20.2 Å². The Morgan fingerprint density at radius 2 is 2.00 bits per heavy atom. The van der Waals surface area contributed by atoms with Gasteiger partial charge in [-0.2, -0.15) is 0 Å². The molecule has 104 valence electrons. The van der Waals surface area contributed by atoms with Crippen LogP contribution in [0.2, 0.25) is 0 Å². The number of tetrazole rings is 1. The molecular weight excluding hydrogens is 256 g/mol. The van der Waals surface area contributed by atoms with Gasteiger partial charge < -0.3 is 5.11 Å². The lowest BCUT2D eigenvalue weighted by molar-refractivity contribution is -0.144. The first-order chi connectivity index (χ1) is 9.70. The lowest BCUT2D eigenvalue weighted by Gasteiger charge is -2.10. The second-order valence-electron chi connectivity index (χ2n) is 5.32. The van der Waals surface area contributed by atoms with E-state index in [0.29, 0.717) is 25.8 Å². The zero-order valence-corrected chi connectivity index (χ0v) is 11.1. The molecule has 0 saturated heterocycles. The molecule has 0 aliphatic heterocycles. The Balaban J connectivity index is 1.67. The minimum Gasteiger partial charge on any atom is -0.481 e. The van der Waals surface area contributed by atoms with Crippen LogP contribution in [0.25, 0.3) is 0 Å². The van der Waals surface area contributed by atoms with Gasteiger partial charge in [-0.25, -0.2) is 4.68 Å². The van der Waals surface area contributed by atoms with E-state index in [9.17, 15) is 9.90 Å². The molecule has 2 aromatic rings. The Bertz CT molecular complexity index is 605. The summed E-state index contributed by atoms with van der Waals surface area (Å²) >= 11 is 0.